The van der Waals surface area contributed by atoms with Crippen LogP contribution in [0.5, 0.6) is 0 Å². The number of hydrogen-bond donors (Lipinski definition) is 2. The fourth-order valence-corrected chi connectivity index (χ4v) is 2.57. The number of aliphatic hydroxyl groups is 1. The van der Waals surface area contributed by atoms with E-state index < -0.39 is 0 Å². The Balaban J connectivity index is 1.84. The highest BCUT2D eigenvalue weighted by Gasteiger charge is 2.09. The molecule has 1 amide bonds. The van der Waals surface area contributed by atoms with E-state index in [1.807, 2.05) is 41.8 Å². The molecule has 4 nitrogen and oxygen atoms in total. The van der Waals surface area contributed by atoms with E-state index >= 15 is 0 Å². The lowest BCUT2D eigenvalue weighted by Crippen LogP contribution is -2.31. The van der Waals surface area contributed by atoms with Crippen molar-refractivity contribution < 1.29 is 9.90 Å². The van der Waals surface area contributed by atoms with E-state index in [1.165, 1.54) is 4.88 Å². The Morgan fingerprint density at radius 2 is 2.20 bits per heavy atom. The molecule has 20 heavy (non-hydrogen) atoms. The van der Waals surface area contributed by atoms with Crippen molar-refractivity contribution in [2.24, 2.45) is 0 Å². The summed E-state index contributed by atoms with van der Waals surface area (Å²) in [6.07, 6.45) is 0. The number of aliphatic hydroxyl groups excluding tert-OH is 1. The second-order valence-electron chi connectivity index (χ2n) is 4.54. The third-order valence-corrected chi connectivity index (χ3v) is 3.81. The summed E-state index contributed by atoms with van der Waals surface area (Å²) in [6, 6.07) is 11.4. The average molecular weight is 290 g/mol. The number of benzene rings is 1. The Kier molecular flexibility index (Phi) is 5.15. The van der Waals surface area contributed by atoms with E-state index in [2.05, 4.69) is 5.32 Å². The molecule has 0 unspecified atom stereocenters. The monoisotopic (exact) mass is 290 g/mol. The van der Waals surface area contributed by atoms with Crippen LogP contribution < -0.4 is 5.32 Å². The number of anilines is 1. The SMILES string of the molecule is CN(Cc1cccs1)C(=O)CNc1cccc(CO)c1. The Labute approximate surface area is 122 Å². The average Bonchev–Trinajstić information content (AvgIpc) is 2.97. The molecule has 1 heterocycles. The van der Waals surface area contributed by atoms with Crippen molar-refractivity contribution in [2.45, 2.75) is 13.2 Å². The van der Waals surface area contributed by atoms with Gasteiger partial charge in [0.1, 0.15) is 0 Å². The van der Waals surface area contributed by atoms with Gasteiger partial charge in [-0.25, -0.2) is 0 Å². The van der Waals surface area contributed by atoms with Crippen LogP contribution >= 0.6 is 11.3 Å². The van der Waals surface area contributed by atoms with Crippen LogP contribution in [0.2, 0.25) is 0 Å². The number of hydrogen-bond acceptors (Lipinski definition) is 4. The number of nitrogens with one attached hydrogen (secondary N) is 1. The van der Waals surface area contributed by atoms with E-state index in [-0.39, 0.29) is 19.1 Å². The summed E-state index contributed by atoms with van der Waals surface area (Å²) in [5, 5.41) is 14.2. The molecule has 1 aromatic heterocycles. The van der Waals surface area contributed by atoms with Crippen molar-refractivity contribution in [1.29, 1.82) is 0 Å². The molecule has 0 spiro atoms. The minimum Gasteiger partial charge on any atom is -0.392 e. The highest BCUT2D eigenvalue weighted by Crippen LogP contribution is 2.12. The van der Waals surface area contributed by atoms with E-state index in [1.54, 1.807) is 23.3 Å². The maximum atomic E-state index is 12.0. The van der Waals surface area contributed by atoms with Crippen LogP contribution in [0.15, 0.2) is 41.8 Å². The Hall–Kier alpha value is -1.85. The largest absolute Gasteiger partial charge is 0.392 e. The first-order valence-electron chi connectivity index (χ1n) is 6.39. The minimum atomic E-state index is 0.00173. The van der Waals surface area contributed by atoms with Crippen molar-refractivity contribution in [3.63, 3.8) is 0 Å². The number of thiophene rings is 1. The fourth-order valence-electron chi connectivity index (χ4n) is 1.82. The van der Waals surface area contributed by atoms with Crippen LogP contribution in [0, 0.1) is 0 Å². The predicted octanol–water partition coefficient (Wildman–Crippen LogP) is 2.31. The van der Waals surface area contributed by atoms with Gasteiger partial charge in [0.2, 0.25) is 5.91 Å². The first-order valence-corrected chi connectivity index (χ1v) is 7.27. The summed E-state index contributed by atoms with van der Waals surface area (Å²) in [7, 11) is 1.80. The van der Waals surface area contributed by atoms with Gasteiger partial charge >= 0.3 is 0 Å². The van der Waals surface area contributed by atoms with Crippen molar-refractivity contribution in [3.8, 4) is 0 Å². The topological polar surface area (TPSA) is 52.6 Å². The smallest absolute Gasteiger partial charge is 0.241 e. The van der Waals surface area contributed by atoms with Gasteiger partial charge in [0, 0.05) is 17.6 Å². The Morgan fingerprint density at radius 1 is 1.35 bits per heavy atom. The summed E-state index contributed by atoms with van der Waals surface area (Å²) in [5.41, 5.74) is 1.67. The molecular formula is C15H18N2O2S. The van der Waals surface area contributed by atoms with Gasteiger partial charge in [0.25, 0.3) is 0 Å². The van der Waals surface area contributed by atoms with E-state index in [0.717, 1.165) is 11.3 Å². The zero-order chi connectivity index (χ0) is 14.4. The van der Waals surface area contributed by atoms with E-state index in [9.17, 15) is 4.79 Å². The van der Waals surface area contributed by atoms with Crippen molar-refractivity contribution >= 4 is 22.9 Å². The lowest BCUT2D eigenvalue weighted by molar-refractivity contribution is -0.128. The van der Waals surface area contributed by atoms with Gasteiger partial charge in [-0.15, -0.1) is 11.3 Å². The molecule has 0 aliphatic heterocycles. The third-order valence-electron chi connectivity index (χ3n) is 2.95. The van der Waals surface area contributed by atoms with Crippen LogP contribution in [0.4, 0.5) is 5.69 Å². The van der Waals surface area contributed by atoms with Gasteiger partial charge in [0.05, 0.1) is 19.7 Å². The van der Waals surface area contributed by atoms with Crippen LogP contribution in [0.25, 0.3) is 0 Å². The molecule has 0 radical (unpaired) electrons. The molecular weight excluding hydrogens is 272 g/mol. The quantitative estimate of drug-likeness (QED) is 0.858. The minimum absolute atomic E-state index is 0.00173. The van der Waals surface area contributed by atoms with Crippen LogP contribution in [0.1, 0.15) is 10.4 Å². The number of amides is 1. The second-order valence-corrected chi connectivity index (χ2v) is 5.57. The first-order chi connectivity index (χ1) is 9.69. The predicted molar refractivity (Wildman–Crippen MR) is 81.6 cm³/mol. The Morgan fingerprint density at radius 3 is 2.90 bits per heavy atom. The van der Waals surface area contributed by atoms with Crippen LogP contribution in [-0.2, 0) is 17.9 Å². The highest BCUT2D eigenvalue weighted by atomic mass is 32.1. The second kappa shape index (κ2) is 7.07. The maximum Gasteiger partial charge on any atom is 0.241 e. The molecule has 2 aromatic rings. The normalized spacial score (nSPS) is 10.3. The number of carbonyl (C=O) groups excluding carboxylic acids is 1. The molecule has 2 N–H and O–H groups in total. The molecule has 1 aromatic carbocycles. The molecule has 0 aliphatic carbocycles. The molecule has 0 bridgehead atoms. The molecule has 0 saturated carbocycles. The molecule has 5 heteroatoms. The fraction of sp³-hybridized carbons (Fsp3) is 0.267. The number of nitrogens with zero attached hydrogens (tertiary/aromatic N) is 1. The maximum absolute atomic E-state index is 12.0. The van der Waals surface area contributed by atoms with Gasteiger partial charge < -0.3 is 15.3 Å². The van der Waals surface area contributed by atoms with Crippen molar-refractivity contribution in [1.82, 2.24) is 4.90 Å². The summed E-state index contributed by atoms with van der Waals surface area (Å²) < 4.78 is 0. The number of rotatable bonds is 6. The molecule has 0 saturated heterocycles. The summed E-state index contributed by atoms with van der Waals surface area (Å²) in [4.78, 5) is 14.9. The van der Waals surface area contributed by atoms with Crippen molar-refractivity contribution in [3.05, 3.63) is 52.2 Å². The van der Waals surface area contributed by atoms with Gasteiger partial charge in [0.15, 0.2) is 0 Å². The summed E-state index contributed by atoms with van der Waals surface area (Å²) in [6.45, 7) is 0.882. The number of likely N-dealkylation sites (N-methyl/N-ethyl adjacent to an activating group) is 1. The number of carbonyl (C=O) groups is 1. The molecule has 106 valence electrons. The first kappa shape index (κ1) is 14.6. The van der Waals surface area contributed by atoms with E-state index in [4.69, 9.17) is 5.11 Å². The lowest BCUT2D eigenvalue weighted by Gasteiger charge is -2.17. The standard InChI is InChI=1S/C15H18N2O2S/c1-17(10-14-6-3-7-20-14)15(19)9-16-13-5-2-4-12(8-13)11-18/h2-8,16,18H,9-11H2,1H3. The van der Waals surface area contributed by atoms with Gasteiger partial charge in [-0.05, 0) is 29.1 Å². The molecule has 0 aliphatic rings. The third kappa shape index (κ3) is 4.08. The van der Waals surface area contributed by atoms with Gasteiger partial charge in [-0.2, -0.15) is 0 Å². The highest BCUT2D eigenvalue weighted by molar-refractivity contribution is 7.09. The molecule has 0 atom stereocenters. The van der Waals surface area contributed by atoms with Crippen LogP contribution in [-0.4, -0.2) is 29.5 Å². The lowest BCUT2D eigenvalue weighted by atomic mass is 10.2. The summed E-state index contributed by atoms with van der Waals surface area (Å²) in [5.74, 6) is 0.0350. The van der Waals surface area contributed by atoms with Crippen molar-refractivity contribution in [2.75, 3.05) is 18.9 Å². The Bertz CT molecular complexity index is 555. The van der Waals surface area contributed by atoms with Gasteiger partial charge in [-0.1, -0.05) is 18.2 Å². The summed E-state index contributed by atoms with van der Waals surface area (Å²) >= 11 is 1.65. The van der Waals surface area contributed by atoms with E-state index in [0.29, 0.717) is 6.54 Å². The zero-order valence-electron chi connectivity index (χ0n) is 11.4. The molecule has 2 rings (SSSR count). The zero-order valence-corrected chi connectivity index (χ0v) is 12.2. The van der Waals surface area contributed by atoms with Gasteiger partial charge in [-0.3, -0.25) is 4.79 Å². The van der Waals surface area contributed by atoms with Crippen LogP contribution in [0.3, 0.4) is 0 Å². The molecule has 0 fully saturated rings.